The number of aryl methyl sites for hydroxylation is 1. The Morgan fingerprint density at radius 1 is 1.32 bits per heavy atom. The highest BCUT2D eigenvalue weighted by Gasteiger charge is 2.40. The van der Waals surface area contributed by atoms with E-state index in [9.17, 15) is 18.0 Å². The van der Waals surface area contributed by atoms with Crippen molar-refractivity contribution >= 4 is 17.6 Å². The van der Waals surface area contributed by atoms with Crippen molar-refractivity contribution in [2.45, 2.75) is 51.2 Å². The van der Waals surface area contributed by atoms with E-state index >= 15 is 0 Å². The number of anilines is 2. The molecule has 2 aliphatic rings. The van der Waals surface area contributed by atoms with Gasteiger partial charge in [0.15, 0.2) is 0 Å². The lowest BCUT2D eigenvalue weighted by molar-refractivity contribution is -0.142. The second-order valence-electron chi connectivity index (χ2n) is 7.30. The molecular weight excluding hydrogens is 375 g/mol. The quantitative estimate of drug-likeness (QED) is 0.777. The van der Waals surface area contributed by atoms with Crippen LogP contribution in [0.4, 0.5) is 24.8 Å². The molecule has 2 aromatic rings. The minimum atomic E-state index is -4.47. The van der Waals surface area contributed by atoms with Crippen molar-refractivity contribution < 1.29 is 22.7 Å². The van der Waals surface area contributed by atoms with Crippen molar-refractivity contribution in [2.24, 2.45) is 5.92 Å². The maximum absolute atomic E-state index is 13.2. The largest absolute Gasteiger partial charge is 0.465 e. The summed E-state index contributed by atoms with van der Waals surface area (Å²) in [5, 5.41) is 7.39. The highest BCUT2D eigenvalue weighted by molar-refractivity contribution is 5.74. The van der Waals surface area contributed by atoms with Crippen LogP contribution in [0, 0.1) is 12.8 Å². The maximum Gasteiger partial charge on any atom is 0.419 e. The molecule has 150 valence electrons. The highest BCUT2D eigenvalue weighted by atomic mass is 19.4. The van der Waals surface area contributed by atoms with Crippen molar-refractivity contribution in [3.63, 3.8) is 0 Å². The van der Waals surface area contributed by atoms with E-state index in [2.05, 4.69) is 20.4 Å². The van der Waals surface area contributed by atoms with Crippen LogP contribution in [0.1, 0.15) is 55.1 Å². The summed E-state index contributed by atoms with van der Waals surface area (Å²) in [6.45, 7) is 4.06. The van der Waals surface area contributed by atoms with Crippen LogP contribution in [0.2, 0.25) is 0 Å². The number of halogens is 3. The smallest absolute Gasteiger partial charge is 0.419 e. The molecule has 2 fully saturated rings. The number of hydrogen-bond acceptors (Lipinski definition) is 6. The lowest BCUT2D eigenvalue weighted by atomic mass is 10.0. The Hall–Kier alpha value is -2.65. The van der Waals surface area contributed by atoms with E-state index in [0.29, 0.717) is 37.3 Å². The van der Waals surface area contributed by atoms with Gasteiger partial charge in [0.05, 0.1) is 41.2 Å². The fourth-order valence-corrected chi connectivity index (χ4v) is 3.41. The molecule has 0 spiro atoms. The van der Waals surface area contributed by atoms with Gasteiger partial charge in [0, 0.05) is 18.3 Å². The normalized spacial score (nSPS) is 20.9. The van der Waals surface area contributed by atoms with Crippen molar-refractivity contribution in [3.05, 3.63) is 29.3 Å². The van der Waals surface area contributed by atoms with E-state index in [1.807, 2.05) is 6.92 Å². The molecule has 28 heavy (non-hydrogen) atoms. The highest BCUT2D eigenvalue weighted by Crippen LogP contribution is 2.45. The number of cyclic esters (lactones) is 1. The first-order chi connectivity index (χ1) is 13.2. The van der Waals surface area contributed by atoms with Crippen LogP contribution in [0.15, 0.2) is 12.4 Å². The van der Waals surface area contributed by atoms with Crippen LogP contribution in [0.25, 0.3) is 0 Å². The molecule has 1 aliphatic carbocycles. The van der Waals surface area contributed by atoms with Gasteiger partial charge in [-0.3, -0.25) is 9.48 Å². The van der Waals surface area contributed by atoms with E-state index in [1.165, 1.54) is 0 Å². The third-order valence-corrected chi connectivity index (χ3v) is 5.23. The molecule has 1 saturated carbocycles. The van der Waals surface area contributed by atoms with E-state index in [0.717, 1.165) is 6.20 Å². The minimum absolute atomic E-state index is 0.0390. The second kappa shape index (κ2) is 6.75. The van der Waals surface area contributed by atoms with E-state index in [4.69, 9.17) is 4.74 Å². The Bertz CT molecular complexity index is 907. The van der Waals surface area contributed by atoms with Crippen molar-refractivity contribution in [2.75, 3.05) is 11.9 Å². The fraction of sp³-hybridized carbons (Fsp3) is 0.556. The lowest BCUT2D eigenvalue weighted by Gasteiger charge is -2.16. The zero-order valence-corrected chi connectivity index (χ0v) is 15.5. The van der Waals surface area contributed by atoms with Gasteiger partial charge in [0.25, 0.3) is 0 Å². The number of nitrogens with one attached hydrogen (secondary N) is 1. The number of alkyl halides is 3. The van der Waals surface area contributed by atoms with Gasteiger partial charge in [0.1, 0.15) is 0 Å². The molecule has 0 radical (unpaired) electrons. The van der Waals surface area contributed by atoms with Gasteiger partial charge in [-0.2, -0.15) is 18.3 Å². The zero-order valence-electron chi connectivity index (χ0n) is 15.5. The Balaban J connectivity index is 1.57. The standard InChI is InChI=1S/C18H20F3N5O2/c1-9-14(8-26(25-9)10(2)12-5-6-28-16(12)27)23-17-22-7-13(18(19,20)21)15(24-17)11-3-4-11/h7-8,10-12H,3-6H2,1-2H3,(H,22,23,24)/t10-,12?/m0/s1. The van der Waals surface area contributed by atoms with Crippen molar-refractivity contribution in [1.82, 2.24) is 19.7 Å². The number of carbonyl (C=O) groups is 1. The van der Waals surface area contributed by atoms with Crippen LogP contribution in [-0.2, 0) is 15.7 Å². The summed E-state index contributed by atoms with van der Waals surface area (Å²) in [6.07, 6.45) is 0.108. The number of carbonyl (C=O) groups excluding carboxylic acids is 1. The SMILES string of the molecule is Cc1nn([C@@H](C)C2CCOC2=O)cc1Nc1ncc(C(F)(F)F)c(C2CC2)n1. The van der Waals surface area contributed by atoms with Crippen LogP contribution < -0.4 is 5.32 Å². The monoisotopic (exact) mass is 395 g/mol. The number of aromatic nitrogens is 4. The van der Waals surface area contributed by atoms with Crippen LogP contribution >= 0.6 is 0 Å². The summed E-state index contributed by atoms with van der Waals surface area (Å²) in [5.41, 5.74) is 0.479. The Labute approximate surface area is 159 Å². The molecule has 0 bridgehead atoms. The maximum atomic E-state index is 13.2. The topological polar surface area (TPSA) is 81.9 Å². The van der Waals surface area contributed by atoms with E-state index in [-0.39, 0.29) is 35.5 Å². The molecule has 7 nitrogen and oxygen atoms in total. The Morgan fingerprint density at radius 3 is 2.68 bits per heavy atom. The number of esters is 1. The van der Waals surface area contributed by atoms with Gasteiger partial charge in [-0.05, 0) is 33.1 Å². The summed E-state index contributed by atoms with van der Waals surface area (Å²) < 4.78 is 46.2. The predicted molar refractivity (Wildman–Crippen MR) is 93.0 cm³/mol. The van der Waals surface area contributed by atoms with Crippen molar-refractivity contribution in [1.29, 1.82) is 0 Å². The molecule has 1 aliphatic heterocycles. The molecule has 2 atom stereocenters. The Morgan fingerprint density at radius 2 is 2.07 bits per heavy atom. The molecule has 3 heterocycles. The van der Waals surface area contributed by atoms with Gasteiger partial charge in [-0.1, -0.05) is 0 Å². The van der Waals surface area contributed by atoms with Gasteiger partial charge in [-0.25, -0.2) is 9.97 Å². The van der Waals surface area contributed by atoms with Gasteiger partial charge in [-0.15, -0.1) is 0 Å². The number of hydrogen-bond donors (Lipinski definition) is 1. The summed E-state index contributed by atoms with van der Waals surface area (Å²) >= 11 is 0. The third-order valence-electron chi connectivity index (χ3n) is 5.23. The minimum Gasteiger partial charge on any atom is -0.465 e. The molecule has 4 rings (SSSR count). The summed E-state index contributed by atoms with van der Waals surface area (Å²) in [7, 11) is 0. The lowest BCUT2D eigenvalue weighted by Crippen LogP contribution is -2.21. The van der Waals surface area contributed by atoms with Gasteiger partial charge >= 0.3 is 12.1 Å². The molecule has 10 heteroatoms. The fourth-order valence-electron chi connectivity index (χ4n) is 3.41. The van der Waals surface area contributed by atoms with Crippen LogP contribution in [-0.4, -0.2) is 32.3 Å². The summed E-state index contributed by atoms with van der Waals surface area (Å²) in [5.74, 6) is -0.575. The van der Waals surface area contributed by atoms with Crippen LogP contribution in [0.3, 0.4) is 0 Å². The first-order valence-electron chi connectivity index (χ1n) is 9.17. The number of ether oxygens (including phenoxy) is 1. The average Bonchev–Trinajstić information content (AvgIpc) is 3.30. The molecule has 0 amide bonds. The molecular formula is C18H20F3N5O2. The Kier molecular flexibility index (Phi) is 4.51. The van der Waals surface area contributed by atoms with Gasteiger partial charge in [0.2, 0.25) is 5.95 Å². The van der Waals surface area contributed by atoms with E-state index < -0.39 is 11.7 Å². The predicted octanol–water partition coefficient (Wildman–Crippen LogP) is 3.75. The molecule has 0 aromatic carbocycles. The first kappa shape index (κ1) is 18.7. The molecule has 1 saturated heterocycles. The van der Waals surface area contributed by atoms with Crippen LogP contribution in [0.5, 0.6) is 0 Å². The third kappa shape index (κ3) is 3.55. The average molecular weight is 395 g/mol. The summed E-state index contributed by atoms with van der Waals surface area (Å²) in [6, 6.07) is -0.195. The van der Waals surface area contributed by atoms with Crippen molar-refractivity contribution in [3.8, 4) is 0 Å². The molecule has 1 unspecified atom stereocenters. The summed E-state index contributed by atoms with van der Waals surface area (Å²) in [4.78, 5) is 19.8. The first-order valence-corrected chi connectivity index (χ1v) is 9.17. The second-order valence-corrected chi connectivity index (χ2v) is 7.30. The zero-order chi connectivity index (χ0) is 20.1. The van der Waals surface area contributed by atoms with E-state index in [1.54, 1.807) is 17.8 Å². The molecule has 2 aromatic heterocycles. The molecule has 1 N–H and O–H groups in total. The number of nitrogens with zero attached hydrogens (tertiary/aromatic N) is 4. The van der Waals surface area contributed by atoms with Gasteiger partial charge < -0.3 is 10.1 Å². The number of rotatable bonds is 5.